The number of alkyl carbamates (subject to hydrolysis) is 2. The fourth-order valence-corrected chi connectivity index (χ4v) is 3.98. The Hall–Kier alpha value is -3.81. The zero-order valence-electron chi connectivity index (χ0n) is 22.3. The van der Waals surface area contributed by atoms with Gasteiger partial charge >= 0.3 is 18.2 Å². The van der Waals surface area contributed by atoms with Gasteiger partial charge in [0.1, 0.15) is 23.9 Å². The molecule has 0 aromatic heterocycles. The van der Waals surface area contributed by atoms with Crippen molar-refractivity contribution in [3.8, 4) is 11.1 Å². The molecule has 1 aliphatic rings. The van der Waals surface area contributed by atoms with Gasteiger partial charge in [-0.2, -0.15) is 0 Å². The SMILES string of the molecule is CC(C)(C)OC(=O)N[C@@H](/C=C/CNC(=O)OCC1c2ccccc2-c2ccccc21)C(=O)OC(C)(C)C. The fraction of sp³-hybridized carbons (Fsp3) is 0.414. The quantitative estimate of drug-likeness (QED) is 0.298. The van der Waals surface area contributed by atoms with Crippen LogP contribution in [0.5, 0.6) is 0 Å². The van der Waals surface area contributed by atoms with Gasteiger partial charge in [-0.15, -0.1) is 0 Å². The zero-order valence-corrected chi connectivity index (χ0v) is 22.3. The Kier molecular flexibility index (Phi) is 8.63. The van der Waals surface area contributed by atoms with Crippen molar-refractivity contribution >= 4 is 18.2 Å². The Balaban J connectivity index is 1.56. The summed E-state index contributed by atoms with van der Waals surface area (Å²) in [6.07, 6.45) is 1.66. The summed E-state index contributed by atoms with van der Waals surface area (Å²) in [6.45, 7) is 10.7. The van der Waals surface area contributed by atoms with Gasteiger partial charge in [0.15, 0.2) is 0 Å². The van der Waals surface area contributed by atoms with Crippen molar-refractivity contribution in [1.29, 1.82) is 0 Å². The van der Waals surface area contributed by atoms with Crippen molar-refractivity contribution in [2.24, 2.45) is 0 Å². The zero-order chi connectivity index (χ0) is 27.2. The predicted molar refractivity (Wildman–Crippen MR) is 141 cm³/mol. The first-order valence-corrected chi connectivity index (χ1v) is 12.3. The van der Waals surface area contributed by atoms with E-state index in [-0.39, 0.29) is 19.1 Å². The highest BCUT2D eigenvalue weighted by molar-refractivity contribution is 5.83. The second-order valence-corrected chi connectivity index (χ2v) is 10.8. The number of esters is 1. The summed E-state index contributed by atoms with van der Waals surface area (Å²) in [7, 11) is 0. The number of hydrogen-bond acceptors (Lipinski definition) is 6. The Labute approximate surface area is 218 Å². The summed E-state index contributed by atoms with van der Waals surface area (Å²) >= 11 is 0. The molecule has 2 aromatic rings. The van der Waals surface area contributed by atoms with Crippen molar-refractivity contribution < 1.29 is 28.6 Å². The molecule has 1 atom stereocenters. The molecule has 0 fully saturated rings. The minimum Gasteiger partial charge on any atom is -0.458 e. The van der Waals surface area contributed by atoms with E-state index in [1.165, 1.54) is 6.08 Å². The number of fused-ring (bicyclic) bond motifs is 3. The van der Waals surface area contributed by atoms with Gasteiger partial charge in [0.25, 0.3) is 0 Å². The monoisotopic (exact) mass is 508 g/mol. The van der Waals surface area contributed by atoms with Crippen LogP contribution in [-0.4, -0.2) is 48.6 Å². The van der Waals surface area contributed by atoms with Gasteiger partial charge in [0, 0.05) is 12.5 Å². The van der Waals surface area contributed by atoms with Gasteiger partial charge in [-0.05, 0) is 63.8 Å². The van der Waals surface area contributed by atoms with Crippen molar-refractivity contribution in [2.75, 3.05) is 13.2 Å². The molecule has 0 saturated carbocycles. The lowest BCUT2D eigenvalue weighted by molar-refractivity contribution is -0.156. The molecule has 0 spiro atoms. The smallest absolute Gasteiger partial charge is 0.408 e. The number of hydrogen-bond donors (Lipinski definition) is 2. The molecule has 37 heavy (non-hydrogen) atoms. The van der Waals surface area contributed by atoms with Crippen LogP contribution in [0.25, 0.3) is 11.1 Å². The predicted octanol–water partition coefficient (Wildman–Crippen LogP) is 5.32. The molecule has 8 nitrogen and oxygen atoms in total. The highest BCUT2D eigenvalue weighted by atomic mass is 16.6. The molecule has 0 saturated heterocycles. The molecule has 198 valence electrons. The molecular formula is C29H36N2O6. The van der Waals surface area contributed by atoms with Crippen LogP contribution in [-0.2, 0) is 19.0 Å². The summed E-state index contributed by atoms with van der Waals surface area (Å²) in [5.74, 6) is -0.681. The summed E-state index contributed by atoms with van der Waals surface area (Å²) in [5.41, 5.74) is 3.10. The molecule has 0 radical (unpaired) electrons. The number of amides is 2. The average molecular weight is 509 g/mol. The Morgan fingerprint density at radius 3 is 1.92 bits per heavy atom. The van der Waals surface area contributed by atoms with Crippen LogP contribution in [0.3, 0.4) is 0 Å². The summed E-state index contributed by atoms with van der Waals surface area (Å²) in [4.78, 5) is 37.2. The van der Waals surface area contributed by atoms with E-state index in [1.54, 1.807) is 47.6 Å². The maximum absolute atomic E-state index is 12.6. The van der Waals surface area contributed by atoms with Crippen molar-refractivity contribution in [3.63, 3.8) is 0 Å². The van der Waals surface area contributed by atoms with E-state index in [1.807, 2.05) is 24.3 Å². The molecule has 3 rings (SSSR count). The molecule has 2 amide bonds. The molecule has 0 unspecified atom stereocenters. The minimum atomic E-state index is -1.08. The van der Waals surface area contributed by atoms with E-state index in [4.69, 9.17) is 14.2 Å². The van der Waals surface area contributed by atoms with Gasteiger partial charge in [-0.25, -0.2) is 14.4 Å². The van der Waals surface area contributed by atoms with Gasteiger partial charge in [-0.1, -0.05) is 60.7 Å². The lowest BCUT2D eigenvalue weighted by Gasteiger charge is -2.25. The molecule has 8 heteroatoms. The standard InChI is InChI=1S/C29H36N2O6/c1-28(2,3)36-25(32)24(31-27(34)37-29(4,5)6)16-11-17-30-26(33)35-18-23-21-14-9-7-12-19(21)20-13-8-10-15-22(20)23/h7-16,23-24H,17-18H2,1-6H3,(H,30,33)(H,31,34)/b16-11+/t24-/m0/s1. The first-order chi connectivity index (χ1) is 17.3. The molecule has 0 aliphatic heterocycles. The Morgan fingerprint density at radius 1 is 0.838 bits per heavy atom. The minimum absolute atomic E-state index is 0.0386. The first kappa shape index (κ1) is 27.8. The van der Waals surface area contributed by atoms with Crippen molar-refractivity contribution in [3.05, 3.63) is 71.8 Å². The van der Waals surface area contributed by atoms with Crippen LogP contribution in [0, 0.1) is 0 Å². The third-order valence-electron chi connectivity index (χ3n) is 5.37. The van der Waals surface area contributed by atoms with Crippen LogP contribution in [0.2, 0.25) is 0 Å². The second kappa shape index (κ2) is 11.5. The van der Waals surface area contributed by atoms with Crippen LogP contribution in [0.4, 0.5) is 9.59 Å². The third-order valence-corrected chi connectivity index (χ3v) is 5.37. The molecule has 1 aliphatic carbocycles. The van der Waals surface area contributed by atoms with Crippen molar-refractivity contribution in [2.45, 2.75) is 64.7 Å². The second-order valence-electron chi connectivity index (χ2n) is 10.8. The largest absolute Gasteiger partial charge is 0.458 e. The van der Waals surface area contributed by atoms with Gasteiger partial charge < -0.3 is 24.8 Å². The maximum Gasteiger partial charge on any atom is 0.408 e. The lowest BCUT2D eigenvalue weighted by atomic mass is 9.98. The Bertz CT molecular complexity index is 1110. The van der Waals surface area contributed by atoms with Gasteiger partial charge in [0.2, 0.25) is 0 Å². The topological polar surface area (TPSA) is 103 Å². The average Bonchev–Trinajstić information content (AvgIpc) is 3.11. The number of carbonyl (C=O) groups is 3. The van der Waals surface area contributed by atoms with E-state index < -0.39 is 35.4 Å². The highest BCUT2D eigenvalue weighted by Gasteiger charge is 2.29. The fourth-order valence-electron chi connectivity index (χ4n) is 3.98. The van der Waals surface area contributed by atoms with E-state index in [9.17, 15) is 14.4 Å². The van der Waals surface area contributed by atoms with Crippen LogP contribution in [0.1, 0.15) is 58.6 Å². The molecular weight excluding hydrogens is 472 g/mol. The number of ether oxygens (including phenoxy) is 3. The van der Waals surface area contributed by atoms with Crippen LogP contribution >= 0.6 is 0 Å². The number of carbonyl (C=O) groups excluding carboxylic acids is 3. The maximum atomic E-state index is 12.6. The lowest BCUT2D eigenvalue weighted by Crippen LogP contribution is -2.45. The normalized spacial score (nSPS) is 13.9. The van der Waals surface area contributed by atoms with Crippen LogP contribution in [0.15, 0.2) is 60.7 Å². The van der Waals surface area contributed by atoms with E-state index in [0.29, 0.717) is 0 Å². The van der Waals surface area contributed by atoms with Crippen molar-refractivity contribution in [1.82, 2.24) is 10.6 Å². The summed E-state index contributed by atoms with van der Waals surface area (Å²) < 4.78 is 16.1. The molecule has 2 aromatic carbocycles. The number of nitrogens with one attached hydrogen (secondary N) is 2. The summed E-state index contributed by atoms with van der Waals surface area (Å²) in [5, 5.41) is 5.14. The highest BCUT2D eigenvalue weighted by Crippen LogP contribution is 2.44. The molecule has 0 heterocycles. The molecule has 0 bridgehead atoms. The summed E-state index contributed by atoms with van der Waals surface area (Å²) in [6, 6.07) is 15.1. The van der Waals surface area contributed by atoms with Gasteiger partial charge in [-0.3, -0.25) is 0 Å². The van der Waals surface area contributed by atoms with E-state index in [0.717, 1.165) is 22.3 Å². The van der Waals surface area contributed by atoms with Gasteiger partial charge in [0.05, 0.1) is 0 Å². The number of rotatable bonds is 7. The molecule has 2 N–H and O–H groups in total. The first-order valence-electron chi connectivity index (χ1n) is 12.3. The van der Waals surface area contributed by atoms with Crippen LogP contribution < -0.4 is 10.6 Å². The Morgan fingerprint density at radius 2 is 1.38 bits per heavy atom. The van der Waals surface area contributed by atoms with E-state index >= 15 is 0 Å². The number of benzene rings is 2. The van der Waals surface area contributed by atoms with E-state index in [2.05, 4.69) is 34.9 Å². The third kappa shape index (κ3) is 8.10.